The van der Waals surface area contributed by atoms with Gasteiger partial charge in [0.1, 0.15) is 0 Å². The Kier molecular flexibility index (Phi) is 6.77. The minimum absolute atomic E-state index is 0. The molecule has 6 heteroatoms. The largest absolute Gasteiger partial charge is 0.377 e. The van der Waals surface area contributed by atoms with Crippen molar-refractivity contribution in [2.45, 2.75) is 82.9 Å². The molecule has 2 heterocycles. The van der Waals surface area contributed by atoms with Gasteiger partial charge in [0.25, 0.3) is 0 Å². The van der Waals surface area contributed by atoms with Gasteiger partial charge < -0.3 is 20.3 Å². The van der Waals surface area contributed by atoms with E-state index in [0.717, 1.165) is 25.0 Å². The van der Waals surface area contributed by atoms with E-state index in [1.54, 1.807) is 0 Å². The lowest BCUT2D eigenvalue weighted by Crippen LogP contribution is -2.69. The minimum Gasteiger partial charge on any atom is -0.377 e. The summed E-state index contributed by atoms with van der Waals surface area (Å²) in [6.45, 7) is 7.80. The number of nitrogens with zero attached hydrogens (tertiary/aromatic N) is 2. The highest BCUT2D eigenvalue weighted by molar-refractivity contribution is 14.0. The molecule has 1 spiro atoms. The van der Waals surface area contributed by atoms with E-state index in [4.69, 9.17) is 9.73 Å². The third kappa shape index (κ3) is 4.07. The van der Waals surface area contributed by atoms with E-state index in [1.165, 1.54) is 77.4 Å². The van der Waals surface area contributed by atoms with Gasteiger partial charge in [0.15, 0.2) is 5.96 Å². The van der Waals surface area contributed by atoms with Crippen LogP contribution < -0.4 is 10.6 Å². The Labute approximate surface area is 187 Å². The van der Waals surface area contributed by atoms with Crippen LogP contribution in [0.3, 0.4) is 0 Å². The van der Waals surface area contributed by atoms with E-state index in [-0.39, 0.29) is 24.0 Å². The Hall–Kier alpha value is -0.0800. The van der Waals surface area contributed by atoms with E-state index in [2.05, 4.69) is 22.5 Å². The summed E-state index contributed by atoms with van der Waals surface area (Å²) in [6.07, 6.45) is 12.6. The molecular weight excluding hydrogens is 463 g/mol. The number of hydrogen-bond donors (Lipinski definition) is 2. The van der Waals surface area contributed by atoms with Crippen LogP contribution in [0, 0.1) is 17.3 Å². The molecule has 3 aliphatic carbocycles. The number of halogens is 1. The van der Waals surface area contributed by atoms with Gasteiger partial charge >= 0.3 is 0 Å². The number of aliphatic imine (C=N–C) groups is 1. The zero-order valence-corrected chi connectivity index (χ0v) is 19.8. The lowest BCUT2D eigenvalue weighted by molar-refractivity contribution is -0.125. The average Bonchev–Trinajstić information content (AvgIpc) is 3.17. The van der Waals surface area contributed by atoms with Crippen molar-refractivity contribution in [3.8, 4) is 0 Å². The van der Waals surface area contributed by atoms with Crippen LogP contribution in [0.25, 0.3) is 0 Å². The lowest BCUT2D eigenvalue weighted by Gasteiger charge is -2.57. The molecule has 0 amide bonds. The first-order valence-electron chi connectivity index (χ1n) is 11.7. The molecule has 5 nitrogen and oxygen atoms in total. The van der Waals surface area contributed by atoms with Crippen molar-refractivity contribution in [3.05, 3.63) is 0 Å². The first-order chi connectivity index (χ1) is 13.3. The highest BCUT2D eigenvalue weighted by atomic mass is 127. The summed E-state index contributed by atoms with van der Waals surface area (Å²) >= 11 is 0. The standard InChI is InChI=1S/C22H38N4O.HI/c1-2-23-21(24-17-7-12-26(13-8-17)15-16-5-6-16)25-19-18-9-14-27-20(18)22(19)10-3-4-11-22;/h16-20H,2-15H2,1H3,(H2,23,24,25);1H. The summed E-state index contributed by atoms with van der Waals surface area (Å²) < 4.78 is 6.15. The summed E-state index contributed by atoms with van der Waals surface area (Å²) in [5, 5.41) is 7.71. The van der Waals surface area contributed by atoms with Crippen molar-refractivity contribution in [1.29, 1.82) is 0 Å². The number of ether oxygens (including phenoxy) is 1. The molecule has 0 aromatic rings. The molecule has 0 radical (unpaired) electrons. The van der Waals surface area contributed by atoms with Crippen molar-refractivity contribution in [2.24, 2.45) is 22.2 Å². The highest BCUT2D eigenvalue weighted by Gasteiger charge is 2.65. The van der Waals surface area contributed by atoms with Gasteiger partial charge in [-0.1, -0.05) is 12.8 Å². The second-order valence-corrected chi connectivity index (χ2v) is 9.79. The molecule has 3 unspecified atom stereocenters. The number of rotatable bonds is 5. The predicted octanol–water partition coefficient (Wildman–Crippen LogP) is 3.38. The van der Waals surface area contributed by atoms with Crippen LogP contribution in [0.2, 0.25) is 0 Å². The molecule has 28 heavy (non-hydrogen) atoms. The maximum atomic E-state index is 6.15. The summed E-state index contributed by atoms with van der Waals surface area (Å²) in [5.41, 5.74) is 0.394. The van der Waals surface area contributed by atoms with Crippen molar-refractivity contribution >= 4 is 29.9 Å². The van der Waals surface area contributed by atoms with Crippen LogP contribution in [0.15, 0.2) is 4.99 Å². The number of nitrogens with one attached hydrogen (secondary N) is 2. The van der Waals surface area contributed by atoms with E-state index in [0.29, 0.717) is 29.5 Å². The SMILES string of the molecule is CCN=C(NC1CCN(CC2CC2)CC1)NC1C2CCOC2C12CCCC2.I. The molecule has 0 aromatic carbocycles. The molecule has 0 bridgehead atoms. The van der Waals surface area contributed by atoms with Gasteiger partial charge in [-0.3, -0.25) is 4.99 Å². The third-order valence-corrected chi connectivity index (χ3v) is 8.04. The fraction of sp³-hybridized carbons (Fsp3) is 0.955. The smallest absolute Gasteiger partial charge is 0.191 e. The summed E-state index contributed by atoms with van der Waals surface area (Å²) in [6, 6.07) is 1.15. The predicted molar refractivity (Wildman–Crippen MR) is 124 cm³/mol. The van der Waals surface area contributed by atoms with Gasteiger partial charge in [0.2, 0.25) is 0 Å². The maximum Gasteiger partial charge on any atom is 0.191 e. The zero-order valence-electron chi connectivity index (χ0n) is 17.5. The summed E-state index contributed by atoms with van der Waals surface area (Å²) in [7, 11) is 0. The number of hydrogen-bond acceptors (Lipinski definition) is 3. The van der Waals surface area contributed by atoms with E-state index in [9.17, 15) is 0 Å². The average molecular weight is 502 g/mol. The first kappa shape index (κ1) is 21.2. The Morgan fingerprint density at radius 2 is 1.82 bits per heavy atom. The molecule has 3 saturated carbocycles. The van der Waals surface area contributed by atoms with E-state index >= 15 is 0 Å². The minimum atomic E-state index is 0. The first-order valence-corrected chi connectivity index (χ1v) is 11.7. The normalized spacial score (nSPS) is 35.3. The fourth-order valence-electron chi connectivity index (χ4n) is 6.46. The van der Waals surface area contributed by atoms with Crippen LogP contribution in [-0.2, 0) is 4.74 Å². The third-order valence-electron chi connectivity index (χ3n) is 8.04. The second-order valence-electron chi connectivity index (χ2n) is 9.79. The summed E-state index contributed by atoms with van der Waals surface area (Å²) in [4.78, 5) is 7.51. The van der Waals surface area contributed by atoms with Crippen molar-refractivity contribution < 1.29 is 4.74 Å². The Bertz CT molecular complexity index is 553. The number of fused-ring (bicyclic) bond motifs is 2. The van der Waals surface area contributed by atoms with Gasteiger partial charge in [-0.25, -0.2) is 0 Å². The number of likely N-dealkylation sites (tertiary alicyclic amines) is 1. The van der Waals surface area contributed by atoms with Gasteiger partial charge in [-0.15, -0.1) is 24.0 Å². The van der Waals surface area contributed by atoms with Crippen LogP contribution in [0.5, 0.6) is 0 Å². The summed E-state index contributed by atoms with van der Waals surface area (Å²) in [5.74, 6) is 2.78. The van der Waals surface area contributed by atoms with Crippen LogP contribution in [0.4, 0.5) is 0 Å². The van der Waals surface area contributed by atoms with Crippen molar-refractivity contribution in [1.82, 2.24) is 15.5 Å². The van der Waals surface area contributed by atoms with E-state index < -0.39 is 0 Å². The van der Waals surface area contributed by atoms with E-state index in [1.807, 2.05) is 0 Å². The van der Waals surface area contributed by atoms with Crippen molar-refractivity contribution in [3.63, 3.8) is 0 Å². The molecule has 0 aromatic heterocycles. The van der Waals surface area contributed by atoms with Crippen LogP contribution in [0.1, 0.15) is 64.7 Å². The fourth-order valence-corrected chi connectivity index (χ4v) is 6.46. The van der Waals surface area contributed by atoms with Crippen LogP contribution in [-0.4, -0.2) is 61.8 Å². The number of piperidine rings is 1. The zero-order chi connectivity index (χ0) is 18.3. The Morgan fingerprint density at radius 3 is 2.50 bits per heavy atom. The molecule has 160 valence electrons. The monoisotopic (exact) mass is 502 g/mol. The molecule has 3 atom stereocenters. The number of guanidine groups is 1. The van der Waals surface area contributed by atoms with Crippen LogP contribution >= 0.6 is 24.0 Å². The molecule has 5 rings (SSSR count). The molecule has 2 aliphatic heterocycles. The van der Waals surface area contributed by atoms with Gasteiger partial charge in [-0.05, 0) is 57.8 Å². The quantitative estimate of drug-likeness (QED) is 0.344. The molecule has 5 aliphatic rings. The van der Waals surface area contributed by atoms with Gasteiger partial charge in [-0.2, -0.15) is 0 Å². The maximum absolute atomic E-state index is 6.15. The molecule has 2 saturated heterocycles. The lowest BCUT2D eigenvalue weighted by atomic mass is 9.54. The van der Waals surface area contributed by atoms with Crippen molar-refractivity contribution in [2.75, 3.05) is 32.8 Å². The molecular formula is C22H39IN4O. The molecule has 2 N–H and O–H groups in total. The second kappa shape index (κ2) is 8.96. The topological polar surface area (TPSA) is 48.9 Å². The Balaban J connectivity index is 0.00000192. The van der Waals surface area contributed by atoms with Gasteiger partial charge in [0, 0.05) is 56.2 Å². The highest BCUT2D eigenvalue weighted by Crippen LogP contribution is 2.60. The molecule has 5 fully saturated rings. The van der Waals surface area contributed by atoms with Gasteiger partial charge in [0.05, 0.1) is 6.10 Å². The Morgan fingerprint density at radius 1 is 1.07 bits per heavy atom.